The van der Waals surface area contributed by atoms with Crippen LogP contribution < -0.4 is 10.9 Å². The molecule has 3 aliphatic rings. The van der Waals surface area contributed by atoms with Crippen LogP contribution in [0.4, 0.5) is 8.78 Å². The summed E-state index contributed by atoms with van der Waals surface area (Å²) < 4.78 is 57.7. The quantitative estimate of drug-likeness (QED) is 0.0794. The standard InChI is InChI=1S/C46H55F2N6O10PS2/c1-5-7-41(57)66-21-19-63-65(62,64-20-22-67-42(58)8-6-2)46(47,48)34-12-11-30-9-10-32(23-33(30)24-34)43(59)51-38-28-52(29(3)55)18-16-35-13-14-39(54(35)44(38)60)45(61)53-26-36(37(27-53)49-4)31-15-17-50-40(56)25-31/h9-12,15,17,23-25,35-39H,5-8,13-14,16,18-22,26-28H2,1-3H3,(H,50,56)(H,51,59)/t35-,36-,37+,38+,39+/m1/s1. The topological polar surface area (TPSA) is 197 Å². The molecule has 4 amide bonds. The molecule has 0 unspecified atom stereocenters. The molecule has 2 aromatic carbocycles. The number of rotatable bonds is 18. The lowest BCUT2D eigenvalue weighted by Gasteiger charge is -2.39. The summed E-state index contributed by atoms with van der Waals surface area (Å²) in [5.74, 6) is -2.52. The van der Waals surface area contributed by atoms with E-state index in [-0.39, 0.29) is 89.1 Å². The van der Waals surface area contributed by atoms with Gasteiger partial charge in [-0.1, -0.05) is 55.6 Å². The number of carbonyl (C=O) groups is 6. The Labute approximate surface area is 396 Å². The maximum atomic E-state index is 16.5. The molecular formula is C46H55F2N6O10PS2. The predicted octanol–water partition coefficient (Wildman–Crippen LogP) is 6.55. The number of nitrogens with zero attached hydrogens (tertiary/aromatic N) is 4. The number of pyridine rings is 1. The second kappa shape index (κ2) is 22.9. The van der Waals surface area contributed by atoms with Gasteiger partial charge in [0, 0.05) is 80.3 Å². The number of benzene rings is 2. The van der Waals surface area contributed by atoms with Crippen LogP contribution in [0.5, 0.6) is 0 Å². The predicted molar refractivity (Wildman–Crippen MR) is 251 cm³/mol. The van der Waals surface area contributed by atoms with Crippen molar-refractivity contribution < 1.29 is 51.2 Å². The molecule has 3 saturated heterocycles. The first-order chi connectivity index (χ1) is 32.0. The molecule has 3 aliphatic heterocycles. The van der Waals surface area contributed by atoms with Crippen molar-refractivity contribution in [3.05, 3.63) is 93.2 Å². The Morgan fingerprint density at radius 3 is 2.18 bits per heavy atom. The zero-order valence-corrected chi connectivity index (χ0v) is 40.1. The zero-order valence-electron chi connectivity index (χ0n) is 37.6. The lowest BCUT2D eigenvalue weighted by atomic mass is 9.96. The number of amides is 4. The molecule has 4 heterocycles. The van der Waals surface area contributed by atoms with E-state index >= 15 is 8.78 Å². The highest BCUT2D eigenvalue weighted by Gasteiger charge is 2.55. The van der Waals surface area contributed by atoms with Crippen LogP contribution in [0.3, 0.4) is 0 Å². The number of aromatic amines is 1. The number of thioether (sulfide) groups is 2. The number of nitrogens with one attached hydrogen (secondary N) is 2. The summed E-state index contributed by atoms with van der Waals surface area (Å²) in [4.78, 5) is 103. The third-order valence-corrected chi connectivity index (χ3v) is 15.9. The first-order valence-corrected chi connectivity index (χ1v) is 25.9. The molecule has 16 nitrogen and oxygen atoms in total. The molecule has 5 atom stereocenters. The summed E-state index contributed by atoms with van der Waals surface area (Å²) in [6.07, 6.45) is 4.41. The number of hydrogen-bond acceptors (Lipinski definition) is 12. The van der Waals surface area contributed by atoms with E-state index in [0.717, 1.165) is 35.7 Å². The molecule has 1 aromatic heterocycles. The van der Waals surface area contributed by atoms with Crippen LogP contribution >= 0.6 is 31.1 Å². The van der Waals surface area contributed by atoms with Crippen molar-refractivity contribution in [2.45, 2.75) is 101 Å². The number of halogens is 2. The van der Waals surface area contributed by atoms with E-state index in [1.807, 2.05) is 13.8 Å². The van der Waals surface area contributed by atoms with Crippen molar-refractivity contribution in [1.82, 2.24) is 25.0 Å². The van der Waals surface area contributed by atoms with Crippen LogP contribution in [0.2, 0.25) is 0 Å². The number of alkyl halides is 2. The van der Waals surface area contributed by atoms with E-state index in [1.165, 1.54) is 53.3 Å². The smallest absolute Gasteiger partial charge is 0.340 e. The molecular weight excluding hydrogens is 930 g/mol. The largest absolute Gasteiger partial charge is 0.404 e. The van der Waals surface area contributed by atoms with Gasteiger partial charge in [0.25, 0.3) is 5.91 Å². The van der Waals surface area contributed by atoms with Crippen molar-refractivity contribution >= 4 is 75.8 Å². The minimum absolute atomic E-state index is 0.0194. The van der Waals surface area contributed by atoms with Gasteiger partial charge in [0.05, 0.1) is 25.7 Å². The number of hydrogen-bond donors (Lipinski definition) is 2. The maximum absolute atomic E-state index is 16.5. The molecule has 0 spiro atoms. The third-order valence-electron chi connectivity index (χ3n) is 12.1. The van der Waals surface area contributed by atoms with Gasteiger partial charge in [-0.3, -0.25) is 38.1 Å². The van der Waals surface area contributed by atoms with Crippen molar-refractivity contribution in [2.24, 2.45) is 0 Å². The summed E-state index contributed by atoms with van der Waals surface area (Å²) in [5, 5.41) is 3.00. The second-order valence-corrected chi connectivity index (χ2v) is 21.1. The molecule has 67 heavy (non-hydrogen) atoms. The number of H-pyrrole nitrogens is 1. The fourth-order valence-corrected chi connectivity index (χ4v) is 11.9. The fourth-order valence-electron chi connectivity index (χ4n) is 8.69. The SMILES string of the molecule is [C-]#[N+][C@H]1CN(C(=O)[C@@H]2CC[C@@H]3CCN(C(C)=O)C[C@H](NC(=O)c4ccc5ccc(C(F)(F)P(=O)(OCCSC(=O)CCC)OCCSC(=O)CCC)cc5c4)C(=O)N32)C[C@@H]1c1cc[nH]c(=O)c1. The van der Waals surface area contributed by atoms with E-state index in [1.54, 1.807) is 11.0 Å². The van der Waals surface area contributed by atoms with Crippen LogP contribution in [0.15, 0.2) is 59.5 Å². The molecule has 0 bridgehead atoms. The van der Waals surface area contributed by atoms with Crippen molar-refractivity contribution in [2.75, 3.05) is 50.9 Å². The Hall–Kier alpha value is -4.93. The van der Waals surface area contributed by atoms with Crippen LogP contribution in [0.1, 0.15) is 93.1 Å². The van der Waals surface area contributed by atoms with Gasteiger partial charge in [0.1, 0.15) is 12.1 Å². The number of aromatic nitrogens is 1. The minimum atomic E-state index is -5.30. The molecule has 0 aliphatic carbocycles. The molecule has 3 fully saturated rings. The third kappa shape index (κ3) is 12.2. The first kappa shape index (κ1) is 51.5. The summed E-state index contributed by atoms with van der Waals surface area (Å²) in [6.45, 7) is 12.2. The first-order valence-electron chi connectivity index (χ1n) is 22.3. The lowest BCUT2D eigenvalue weighted by molar-refractivity contribution is -0.148. The summed E-state index contributed by atoms with van der Waals surface area (Å²) in [5.41, 5.74) is -4.67. The number of likely N-dealkylation sites (tertiary alicyclic amines) is 1. The van der Waals surface area contributed by atoms with Crippen molar-refractivity contribution in [3.63, 3.8) is 0 Å². The Kier molecular flexibility index (Phi) is 17.6. The molecule has 3 aromatic rings. The number of carbonyl (C=O) groups excluding carboxylic acids is 6. The molecule has 0 saturated carbocycles. The van der Waals surface area contributed by atoms with Gasteiger partial charge in [0.15, 0.2) is 10.2 Å². The molecule has 360 valence electrons. The highest BCUT2D eigenvalue weighted by molar-refractivity contribution is 8.13. The molecule has 2 N–H and O–H groups in total. The van der Waals surface area contributed by atoms with Gasteiger partial charge < -0.3 is 38.9 Å². The van der Waals surface area contributed by atoms with Crippen LogP contribution in [0.25, 0.3) is 15.6 Å². The van der Waals surface area contributed by atoms with Crippen molar-refractivity contribution in [1.29, 1.82) is 0 Å². The average molecular weight is 985 g/mol. The zero-order chi connectivity index (χ0) is 48.5. The minimum Gasteiger partial charge on any atom is -0.340 e. The maximum Gasteiger partial charge on any atom is 0.404 e. The average Bonchev–Trinajstić information content (AvgIpc) is 3.94. The highest BCUT2D eigenvalue weighted by atomic mass is 32.2. The fraction of sp³-hybridized carbons (Fsp3) is 0.522. The summed E-state index contributed by atoms with van der Waals surface area (Å²) in [6, 6.07) is 7.67. The van der Waals surface area contributed by atoms with Crippen molar-refractivity contribution in [3.8, 4) is 0 Å². The Morgan fingerprint density at radius 2 is 1.55 bits per heavy atom. The van der Waals surface area contributed by atoms with Gasteiger partial charge in [-0.2, -0.15) is 8.78 Å². The molecule has 6 rings (SSSR count). The van der Waals surface area contributed by atoms with E-state index in [2.05, 4.69) is 15.1 Å². The van der Waals surface area contributed by atoms with Gasteiger partial charge in [-0.05, 0) is 72.7 Å². The number of fused-ring (bicyclic) bond motifs is 2. The highest BCUT2D eigenvalue weighted by Crippen LogP contribution is 2.67. The van der Waals surface area contributed by atoms with E-state index in [4.69, 9.17) is 15.6 Å². The van der Waals surface area contributed by atoms with Crippen LogP contribution in [0, 0.1) is 6.57 Å². The van der Waals surface area contributed by atoms with E-state index in [0.29, 0.717) is 43.1 Å². The van der Waals surface area contributed by atoms with Gasteiger partial charge in [0.2, 0.25) is 29.3 Å². The van der Waals surface area contributed by atoms with E-state index in [9.17, 15) is 38.1 Å². The van der Waals surface area contributed by atoms with Crippen LogP contribution in [-0.4, -0.2) is 129 Å². The molecule has 0 radical (unpaired) electrons. The summed E-state index contributed by atoms with van der Waals surface area (Å²) in [7, 11) is -5.30. The van der Waals surface area contributed by atoms with Crippen LogP contribution in [-0.2, 0) is 43.2 Å². The second-order valence-electron chi connectivity index (χ2n) is 16.7. The van der Waals surface area contributed by atoms with E-state index < -0.39 is 73.9 Å². The Balaban J connectivity index is 1.22. The summed E-state index contributed by atoms with van der Waals surface area (Å²) >= 11 is 1.74. The van der Waals surface area contributed by atoms with Gasteiger partial charge in [-0.25, -0.2) is 6.57 Å². The normalized spacial score (nSPS) is 21.1. The Bertz CT molecular complexity index is 2480. The lowest BCUT2D eigenvalue weighted by Crippen LogP contribution is -2.61. The van der Waals surface area contributed by atoms with Gasteiger partial charge >= 0.3 is 13.3 Å². The van der Waals surface area contributed by atoms with Gasteiger partial charge in [-0.15, -0.1) is 0 Å². The monoisotopic (exact) mass is 984 g/mol. The Morgan fingerprint density at radius 1 is 0.881 bits per heavy atom. The molecule has 21 heteroatoms.